The van der Waals surface area contributed by atoms with Crippen LogP contribution in [0.4, 0.5) is 0 Å². The second kappa shape index (κ2) is 5.97. The quantitative estimate of drug-likeness (QED) is 0.793. The van der Waals surface area contributed by atoms with E-state index in [1.807, 2.05) is 30.3 Å². The lowest BCUT2D eigenvalue weighted by atomic mass is 10.1. The zero-order chi connectivity index (χ0) is 12.8. The molecule has 2 N–H and O–H groups in total. The first-order valence-corrected chi connectivity index (χ1v) is 5.90. The molecule has 0 saturated heterocycles. The van der Waals surface area contributed by atoms with Gasteiger partial charge < -0.3 is 0 Å². The number of benzene rings is 1. The zero-order valence-electron chi connectivity index (χ0n) is 10.2. The highest BCUT2D eigenvalue weighted by molar-refractivity contribution is 5.81. The standard InChI is InChI=1S/C13H16N4O/c1-2-6-12(17-10-14-9-15-17)13(16-18)11-7-4-3-5-8-11/h3-5,7-10,16,18H,2,6H2,1H3/b13-12+. The lowest BCUT2D eigenvalue weighted by molar-refractivity contribution is 0.224. The molecule has 0 spiro atoms. The van der Waals surface area contributed by atoms with Crippen LogP contribution in [-0.2, 0) is 0 Å². The Morgan fingerprint density at radius 2 is 2.11 bits per heavy atom. The predicted molar refractivity (Wildman–Crippen MR) is 69.4 cm³/mol. The van der Waals surface area contributed by atoms with Crippen LogP contribution in [-0.4, -0.2) is 20.0 Å². The van der Waals surface area contributed by atoms with Crippen molar-refractivity contribution in [1.82, 2.24) is 20.2 Å². The first-order chi connectivity index (χ1) is 8.86. The van der Waals surface area contributed by atoms with Crippen molar-refractivity contribution in [2.45, 2.75) is 19.8 Å². The van der Waals surface area contributed by atoms with Crippen molar-refractivity contribution in [1.29, 1.82) is 0 Å². The van der Waals surface area contributed by atoms with Crippen LogP contribution in [0.1, 0.15) is 25.3 Å². The summed E-state index contributed by atoms with van der Waals surface area (Å²) in [5, 5.41) is 13.5. The van der Waals surface area contributed by atoms with Crippen molar-refractivity contribution in [2.75, 3.05) is 0 Å². The van der Waals surface area contributed by atoms with Gasteiger partial charge in [-0.3, -0.25) is 10.7 Å². The smallest absolute Gasteiger partial charge is 0.138 e. The van der Waals surface area contributed by atoms with Gasteiger partial charge in [0, 0.05) is 5.56 Å². The van der Waals surface area contributed by atoms with Crippen molar-refractivity contribution in [3.63, 3.8) is 0 Å². The molecule has 0 amide bonds. The van der Waals surface area contributed by atoms with Crippen molar-refractivity contribution in [2.24, 2.45) is 0 Å². The topological polar surface area (TPSA) is 63.0 Å². The van der Waals surface area contributed by atoms with Crippen LogP contribution in [0.15, 0.2) is 43.0 Å². The fraction of sp³-hybridized carbons (Fsp3) is 0.231. The summed E-state index contributed by atoms with van der Waals surface area (Å²) >= 11 is 0. The molecule has 0 aliphatic heterocycles. The van der Waals surface area contributed by atoms with Crippen LogP contribution in [0.5, 0.6) is 0 Å². The minimum absolute atomic E-state index is 0.656. The fourth-order valence-corrected chi connectivity index (χ4v) is 1.84. The molecule has 5 heteroatoms. The van der Waals surface area contributed by atoms with Gasteiger partial charge in [-0.2, -0.15) is 5.10 Å². The highest BCUT2D eigenvalue weighted by Gasteiger charge is 2.10. The third-order valence-electron chi connectivity index (χ3n) is 2.64. The molecule has 0 atom stereocenters. The number of hydrogen-bond acceptors (Lipinski definition) is 4. The lowest BCUT2D eigenvalue weighted by Crippen LogP contribution is -2.12. The number of hydroxylamine groups is 1. The number of nitrogens with zero attached hydrogens (tertiary/aromatic N) is 3. The molecule has 18 heavy (non-hydrogen) atoms. The second-order valence-electron chi connectivity index (χ2n) is 3.89. The first kappa shape index (κ1) is 12.3. The third kappa shape index (κ3) is 2.57. The summed E-state index contributed by atoms with van der Waals surface area (Å²) in [4.78, 5) is 3.94. The molecular weight excluding hydrogens is 228 g/mol. The number of aromatic nitrogens is 3. The number of rotatable bonds is 5. The Bertz CT molecular complexity index is 505. The zero-order valence-corrected chi connectivity index (χ0v) is 10.2. The summed E-state index contributed by atoms with van der Waals surface area (Å²) in [6, 6.07) is 9.67. The molecule has 1 aromatic carbocycles. The van der Waals surface area contributed by atoms with E-state index < -0.39 is 0 Å². The Balaban J connectivity index is 2.50. The largest absolute Gasteiger partial charge is 0.291 e. The van der Waals surface area contributed by atoms with E-state index >= 15 is 0 Å². The summed E-state index contributed by atoms with van der Waals surface area (Å²) in [6.45, 7) is 2.08. The molecule has 0 radical (unpaired) electrons. The molecule has 0 unspecified atom stereocenters. The van der Waals surface area contributed by atoms with Crippen molar-refractivity contribution in [3.05, 3.63) is 48.5 Å². The molecule has 0 aliphatic carbocycles. The Labute approximate surface area is 106 Å². The third-order valence-corrected chi connectivity index (χ3v) is 2.64. The van der Waals surface area contributed by atoms with Crippen LogP contribution in [0.2, 0.25) is 0 Å². The Hall–Kier alpha value is -2.14. The van der Waals surface area contributed by atoms with Gasteiger partial charge >= 0.3 is 0 Å². The first-order valence-electron chi connectivity index (χ1n) is 5.90. The van der Waals surface area contributed by atoms with Crippen molar-refractivity contribution in [3.8, 4) is 0 Å². The van der Waals surface area contributed by atoms with Crippen molar-refractivity contribution < 1.29 is 5.21 Å². The summed E-state index contributed by atoms with van der Waals surface area (Å²) in [5.74, 6) is 0. The van der Waals surface area contributed by atoms with Gasteiger partial charge in [0.25, 0.3) is 0 Å². The number of hydrogen-bond donors (Lipinski definition) is 2. The average Bonchev–Trinajstić information content (AvgIpc) is 2.93. The van der Waals surface area contributed by atoms with Crippen LogP contribution in [0.3, 0.4) is 0 Å². The minimum Gasteiger partial charge on any atom is -0.291 e. The van der Waals surface area contributed by atoms with Crippen LogP contribution >= 0.6 is 0 Å². The van der Waals surface area contributed by atoms with E-state index in [4.69, 9.17) is 0 Å². The molecule has 1 heterocycles. The molecule has 94 valence electrons. The normalized spacial score (nSPS) is 12.1. The van der Waals surface area contributed by atoms with E-state index in [-0.39, 0.29) is 0 Å². The lowest BCUT2D eigenvalue weighted by Gasteiger charge is -2.13. The molecule has 0 saturated carbocycles. The Morgan fingerprint density at radius 3 is 2.67 bits per heavy atom. The molecule has 2 rings (SSSR count). The summed E-state index contributed by atoms with van der Waals surface area (Å²) < 4.78 is 1.68. The molecule has 2 aromatic rings. The van der Waals surface area contributed by atoms with E-state index in [0.29, 0.717) is 5.70 Å². The monoisotopic (exact) mass is 244 g/mol. The van der Waals surface area contributed by atoms with E-state index in [2.05, 4.69) is 22.5 Å². The van der Waals surface area contributed by atoms with Gasteiger partial charge in [0.05, 0.1) is 11.4 Å². The number of nitrogens with one attached hydrogen (secondary N) is 1. The van der Waals surface area contributed by atoms with Crippen LogP contribution in [0, 0.1) is 0 Å². The molecule has 5 nitrogen and oxygen atoms in total. The van der Waals surface area contributed by atoms with E-state index in [9.17, 15) is 5.21 Å². The minimum atomic E-state index is 0.656. The number of allylic oxidation sites excluding steroid dienone is 1. The Morgan fingerprint density at radius 1 is 1.33 bits per heavy atom. The summed E-state index contributed by atoms with van der Waals surface area (Å²) in [7, 11) is 0. The predicted octanol–water partition coefficient (Wildman–Crippen LogP) is 2.38. The van der Waals surface area contributed by atoms with Gasteiger partial charge in [0.1, 0.15) is 12.7 Å². The highest BCUT2D eigenvalue weighted by Crippen LogP contribution is 2.22. The van der Waals surface area contributed by atoms with Gasteiger partial charge in [0.15, 0.2) is 0 Å². The highest BCUT2D eigenvalue weighted by atomic mass is 16.5. The van der Waals surface area contributed by atoms with Gasteiger partial charge in [-0.25, -0.2) is 9.67 Å². The SMILES string of the molecule is CCC/C(=C(\NO)c1ccccc1)n1cncn1. The van der Waals surface area contributed by atoms with Gasteiger partial charge in [0.2, 0.25) is 0 Å². The maximum absolute atomic E-state index is 9.41. The maximum Gasteiger partial charge on any atom is 0.138 e. The van der Waals surface area contributed by atoms with E-state index in [1.165, 1.54) is 6.33 Å². The van der Waals surface area contributed by atoms with Crippen LogP contribution in [0.25, 0.3) is 11.4 Å². The second-order valence-corrected chi connectivity index (χ2v) is 3.89. The average molecular weight is 244 g/mol. The van der Waals surface area contributed by atoms with Gasteiger partial charge in [-0.15, -0.1) is 0 Å². The van der Waals surface area contributed by atoms with Gasteiger partial charge in [-0.1, -0.05) is 43.7 Å². The summed E-state index contributed by atoms with van der Waals surface area (Å²) in [6.07, 6.45) is 4.86. The Kier molecular flexibility index (Phi) is 4.09. The maximum atomic E-state index is 9.41. The molecular formula is C13H16N4O. The van der Waals surface area contributed by atoms with Gasteiger partial charge in [-0.05, 0) is 6.42 Å². The molecule has 0 bridgehead atoms. The molecule has 0 aliphatic rings. The fourth-order valence-electron chi connectivity index (χ4n) is 1.84. The van der Waals surface area contributed by atoms with Crippen molar-refractivity contribution >= 4 is 11.4 Å². The van der Waals surface area contributed by atoms with E-state index in [0.717, 1.165) is 24.1 Å². The summed E-state index contributed by atoms with van der Waals surface area (Å²) in [5.41, 5.74) is 4.75. The molecule has 1 aromatic heterocycles. The molecule has 0 fully saturated rings. The van der Waals surface area contributed by atoms with Crippen LogP contribution < -0.4 is 5.48 Å². The van der Waals surface area contributed by atoms with E-state index in [1.54, 1.807) is 11.0 Å².